The summed E-state index contributed by atoms with van der Waals surface area (Å²) >= 11 is 2.67. The highest BCUT2D eigenvalue weighted by Crippen LogP contribution is 2.27. The fourth-order valence-electron chi connectivity index (χ4n) is 1.59. The lowest BCUT2D eigenvalue weighted by Gasteiger charge is -2.10. The van der Waals surface area contributed by atoms with Crippen molar-refractivity contribution in [2.75, 3.05) is 31.7 Å². The van der Waals surface area contributed by atoms with Gasteiger partial charge >= 0.3 is 0 Å². The molecule has 0 aliphatic heterocycles. The van der Waals surface area contributed by atoms with Gasteiger partial charge in [-0.15, -0.1) is 10.2 Å². The van der Waals surface area contributed by atoms with E-state index in [4.69, 9.17) is 0 Å². The Kier molecular flexibility index (Phi) is 6.56. The standard InChI is InChI=1S/C15H19N5O2S2/c1-10-4-6-11(7-5-10)17-14-18-19-15(24-14)23-9-12(21)16-8-13(22)20(2)3/h4-7H,8-9H2,1-3H3,(H,16,21)(H,17,18). The molecule has 0 bridgehead atoms. The average Bonchev–Trinajstić information content (AvgIpc) is 3.00. The number of amides is 2. The molecule has 0 saturated heterocycles. The lowest BCUT2D eigenvalue weighted by atomic mass is 10.2. The van der Waals surface area contributed by atoms with Crippen LogP contribution in [-0.2, 0) is 9.59 Å². The minimum atomic E-state index is -0.210. The Bertz CT molecular complexity index is 700. The fourth-order valence-corrected chi connectivity index (χ4v) is 3.19. The molecule has 0 unspecified atom stereocenters. The van der Waals surface area contributed by atoms with Crippen LogP contribution in [0.25, 0.3) is 0 Å². The van der Waals surface area contributed by atoms with Crippen molar-refractivity contribution < 1.29 is 9.59 Å². The Hall–Kier alpha value is -2.13. The van der Waals surface area contributed by atoms with Gasteiger partial charge in [-0.3, -0.25) is 9.59 Å². The molecular weight excluding hydrogens is 346 g/mol. The maximum absolute atomic E-state index is 11.7. The normalized spacial score (nSPS) is 10.3. The maximum Gasteiger partial charge on any atom is 0.241 e. The predicted octanol–water partition coefficient (Wildman–Crippen LogP) is 1.89. The summed E-state index contributed by atoms with van der Waals surface area (Å²) in [6.45, 7) is 2.03. The third-order valence-electron chi connectivity index (χ3n) is 2.97. The molecule has 1 aromatic carbocycles. The highest BCUT2D eigenvalue weighted by molar-refractivity contribution is 8.01. The van der Waals surface area contributed by atoms with Gasteiger partial charge in [-0.2, -0.15) is 0 Å². The molecule has 9 heteroatoms. The first-order valence-corrected chi connectivity index (χ1v) is 9.01. The smallest absolute Gasteiger partial charge is 0.241 e. The number of hydrogen-bond acceptors (Lipinski definition) is 7. The number of aromatic nitrogens is 2. The summed E-state index contributed by atoms with van der Waals surface area (Å²) in [6, 6.07) is 7.97. The van der Waals surface area contributed by atoms with Crippen LogP contribution in [0, 0.1) is 6.92 Å². The van der Waals surface area contributed by atoms with Gasteiger partial charge in [0, 0.05) is 19.8 Å². The number of aryl methyl sites for hydroxylation is 1. The molecule has 7 nitrogen and oxygen atoms in total. The molecule has 2 aromatic rings. The first-order chi connectivity index (χ1) is 11.4. The van der Waals surface area contributed by atoms with Crippen LogP contribution in [0.3, 0.4) is 0 Å². The topological polar surface area (TPSA) is 87.2 Å². The van der Waals surface area contributed by atoms with Gasteiger partial charge in [0.25, 0.3) is 0 Å². The number of nitrogens with one attached hydrogen (secondary N) is 2. The van der Waals surface area contributed by atoms with E-state index in [1.54, 1.807) is 14.1 Å². The van der Waals surface area contributed by atoms with Gasteiger partial charge in [0.15, 0.2) is 4.34 Å². The first kappa shape index (κ1) is 18.2. The largest absolute Gasteiger partial charge is 0.347 e. The molecule has 1 aromatic heterocycles. The lowest BCUT2D eigenvalue weighted by molar-refractivity contribution is -0.130. The van der Waals surface area contributed by atoms with E-state index in [0.717, 1.165) is 5.69 Å². The summed E-state index contributed by atoms with van der Waals surface area (Å²) in [5, 5.41) is 14.5. The van der Waals surface area contributed by atoms with Crippen molar-refractivity contribution in [2.45, 2.75) is 11.3 Å². The summed E-state index contributed by atoms with van der Waals surface area (Å²) in [5.41, 5.74) is 2.13. The van der Waals surface area contributed by atoms with Gasteiger partial charge in [0.05, 0.1) is 12.3 Å². The minimum Gasteiger partial charge on any atom is -0.347 e. The van der Waals surface area contributed by atoms with Crippen molar-refractivity contribution in [1.82, 2.24) is 20.4 Å². The van der Waals surface area contributed by atoms with Crippen LogP contribution in [0.4, 0.5) is 10.8 Å². The van der Waals surface area contributed by atoms with E-state index in [1.807, 2.05) is 31.2 Å². The number of likely N-dealkylation sites (N-methyl/N-ethyl adjacent to an activating group) is 1. The quantitative estimate of drug-likeness (QED) is 0.729. The van der Waals surface area contributed by atoms with Crippen molar-refractivity contribution in [3.8, 4) is 0 Å². The second-order valence-electron chi connectivity index (χ2n) is 5.22. The van der Waals surface area contributed by atoms with Crippen molar-refractivity contribution >= 4 is 45.7 Å². The molecule has 2 amide bonds. The van der Waals surface area contributed by atoms with Gasteiger partial charge < -0.3 is 15.5 Å². The third kappa shape index (κ3) is 5.82. The fraction of sp³-hybridized carbons (Fsp3) is 0.333. The predicted molar refractivity (Wildman–Crippen MR) is 96.8 cm³/mol. The summed E-state index contributed by atoms with van der Waals surface area (Å²) in [6.07, 6.45) is 0. The van der Waals surface area contributed by atoms with E-state index in [-0.39, 0.29) is 24.1 Å². The van der Waals surface area contributed by atoms with E-state index in [0.29, 0.717) is 9.47 Å². The van der Waals surface area contributed by atoms with Crippen LogP contribution >= 0.6 is 23.1 Å². The Morgan fingerprint density at radius 2 is 1.92 bits per heavy atom. The average molecular weight is 365 g/mol. The monoisotopic (exact) mass is 365 g/mol. The Morgan fingerprint density at radius 3 is 2.58 bits per heavy atom. The number of rotatable bonds is 7. The SMILES string of the molecule is Cc1ccc(Nc2nnc(SCC(=O)NCC(=O)N(C)C)s2)cc1. The first-order valence-electron chi connectivity index (χ1n) is 7.21. The number of nitrogens with zero attached hydrogens (tertiary/aromatic N) is 3. The molecule has 0 aliphatic rings. The molecule has 24 heavy (non-hydrogen) atoms. The minimum absolute atomic E-state index is 0.00272. The Labute approximate surface area is 148 Å². The molecular formula is C15H19N5O2S2. The number of hydrogen-bond donors (Lipinski definition) is 2. The van der Waals surface area contributed by atoms with Gasteiger partial charge in [-0.25, -0.2) is 0 Å². The molecule has 128 valence electrons. The van der Waals surface area contributed by atoms with Gasteiger partial charge in [0.2, 0.25) is 16.9 Å². The van der Waals surface area contributed by atoms with E-state index >= 15 is 0 Å². The molecule has 0 saturated carbocycles. The van der Waals surface area contributed by atoms with Crippen molar-refractivity contribution in [3.63, 3.8) is 0 Å². The zero-order valence-corrected chi connectivity index (χ0v) is 15.3. The van der Waals surface area contributed by atoms with E-state index in [9.17, 15) is 9.59 Å². The second kappa shape index (κ2) is 8.65. The molecule has 0 atom stereocenters. The maximum atomic E-state index is 11.7. The van der Waals surface area contributed by atoms with Crippen molar-refractivity contribution in [1.29, 1.82) is 0 Å². The molecule has 0 aliphatic carbocycles. The number of anilines is 2. The summed E-state index contributed by atoms with van der Waals surface area (Å²) in [4.78, 5) is 24.5. The number of carbonyl (C=O) groups excluding carboxylic acids is 2. The Morgan fingerprint density at radius 1 is 1.21 bits per heavy atom. The van der Waals surface area contributed by atoms with Crippen molar-refractivity contribution in [2.24, 2.45) is 0 Å². The van der Waals surface area contributed by atoms with E-state index in [1.165, 1.54) is 33.6 Å². The molecule has 1 heterocycles. The third-order valence-corrected chi connectivity index (χ3v) is 4.94. The van der Waals surface area contributed by atoms with Crippen LogP contribution in [0.15, 0.2) is 28.6 Å². The van der Waals surface area contributed by atoms with Gasteiger partial charge in [-0.1, -0.05) is 40.8 Å². The second-order valence-corrected chi connectivity index (χ2v) is 7.42. The summed E-state index contributed by atoms with van der Waals surface area (Å²) in [5.74, 6) is -0.160. The molecule has 0 radical (unpaired) electrons. The van der Waals surface area contributed by atoms with Crippen LogP contribution < -0.4 is 10.6 Å². The van der Waals surface area contributed by atoms with E-state index < -0.39 is 0 Å². The molecule has 2 rings (SSSR count). The summed E-state index contributed by atoms with van der Waals surface area (Å²) < 4.78 is 0.693. The van der Waals surface area contributed by atoms with Crippen LogP contribution in [0.1, 0.15) is 5.56 Å². The zero-order chi connectivity index (χ0) is 17.5. The van der Waals surface area contributed by atoms with Gasteiger partial charge in [0.1, 0.15) is 0 Å². The highest BCUT2D eigenvalue weighted by Gasteiger charge is 2.10. The molecule has 0 spiro atoms. The highest BCUT2D eigenvalue weighted by atomic mass is 32.2. The molecule has 2 N–H and O–H groups in total. The summed E-state index contributed by atoms with van der Waals surface area (Å²) in [7, 11) is 3.29. The number of benzene rings is 1. The van der Waals surface area contributed by atoms with Crippen molar-refractivity contribution in [3.05, 3.63) is 29.8 Å². The van der Waals surface area contributed by atoms with Gasteiger partial charge in [-0.05, 0) is 19.1 Å². The van der Waals surface area contributed by atoms with Crippen LogP contribution in [0.2, 0.25) is 0 Å². The number of thioether (sulfide) groups is 1. The zero-order valence-electron chi connectivity index (χ0n) is 13.7. The molecule has 0 fully saturated rings. The Balaban J connectivity index is 1.78. The van der Waals surface area contributed by atoms with E-state index in [2.05, 4.69) is 20.8 Å². The van der Waals surface area contributed by atoms with Crippen LogP contribution in [-0.4, -0.2) is 53.3 Å². The lowest BCUT2D eigenvalue weighted by Crippen LogP contribution is -2.36. The van der Waals surface area contributed by atoms with Crippen LogP contribution in [0.5, 0.6) is 0 Å². The number of carbonyl (C=O) groups is 2.